The van der Waals surface area contributed by atoms with Crippen LogP contribution in [-0.2, 0) is 6.61 Å². The lowest BCUT2D eigenvalue weighted by molar-refractivity contribution is 0.0697. The number of carboxylic acid groups (broad SMARTS) is 1. The number of nitrogens with zero attached hydrogens (tertiary/aromatic N) is 1. The molecule has 98 valence electrons. The van der Waals surface area contributed by atoms with Crippen molar-refractivity contribution in [2.24, 2.45) is 0 Å². The molecule has 0 aliphatic rings. The molecule has 0 radical (unpaired) electrons. The summed E-state index contributed by atoms with van der Waals surface area (Å²) in [6.07, 6.45) is 1.24. The molecule has 0 fully saturated rings. The molecular formula is C13H12N2O4. The van der Waals surface area contributed by atoms with Gasteiger partial charge in [0, 0.05) is 6.07 Å². The Morgan fingerprint density at radius 1 is 1.32 bits per heavy atom. The van der Waals surface area contributed by atoms with Gasteiger partial charge in [-0.1, -0.05) is 12.1 Å². The average molecular weight is 260 g/mol. The summed E-state index contributed by atoms with van der Waals surface area (Å²) < 4.78 is 5.41. The zero-order valence-corrected chi connectivity index (χ0v) is 9.91. The number of hydrogen-bond acceptors (Lipinski definition) is 5. The Bertz CT molecular complexity index is 596. The number of aromatic nitrogens is 1. The van der Waals surface area contributed by atoms with Crippen LogP contribution in [0.4, 0.5) is 5.69 Å². The van der Waals surface area contributed by atoms with Crippen LogP contribution in [0.15, 0.2) is 36.5 Å². The second-order valence-corrected chi connectivity index (χ2v) is 3.82. The van der Waals surface area contributed by atoms with E-state index in [-0.39, 0.29) is 23.7 Å². The monoisotopic (exact) mass is 260 g/mol. The van der Waals surface area contributed by atoms with E-state index in [0.29, 0.717) is 5.75 Å². The van der Waals surface area contributed by atoms with Crippen LogP contribution in [0.2, 0.25) is 0 Å². The van der Waals surface area contributed by atoms with Crippen molar-refractivity contribution in [1.29, 1.82) is 0 Å². The van der Waals surface area contributed by atoms with Gasteiger partial charge in [-0.15, -0.1) is 0 Å². The van der Waals surface area contributed by atoms with Crippen molar-refractivity contribution in [2.75, 3.05) is 5.73 Å². The van der Waals surface area contributed by atoms with Gasteiger partial charge in [0.25, 0.3) is 0 Å². The van der Waals surface area contributed by atoms with Gasteiger partial charge in [-0.3, -0.25) is 0 Å². The number of nitrogens with two attached hydrogens (primary N) is 1. The summed E-state index contributed by atoms with van der Waals surface area (Å²) >= 11 is 0. The minimum atomic E-state index is -1.14. The summed E-state index contributed by atoms with van der Waals surface area (Å²) in [5, 5.41) is 17.8. The molecule has 6 nitrogen and oxygen atoms in total. The molecule has 0 saturated heterocycles. The van der Waals surface area contributed by atoms with Crippen molar-refractivity contribution < 1.29 is 19.7 Å². The number of aromatic carboxylic acids is 1. The third-order valence-electron chi connectivity index (χ3n) is 2.47. The van der Waals surface area contributed by atoms with E-state index < -0.39 is 5.97 Å². The fraction of sp³-hybridized carbons (Fsp3) is 0.0769. The second-order valence-electron chi connectivity index (χ2n) is 3.82. The zero-order valence-electron chi connectivity index (χ0n) is 9.91. The number of aliphatic hydroxyl groups is 1. The third kappa shape index (κ3) is 2.99. The molecule has 0 aliphatic carbocycles. The van der Waals surface area contributed by atoms with Crippen molar-refractivity contribution in [3.8, 4) is 11.6 Å². The third-order valence-corrected chi connectivity index (χ3v) is 2.47. The van der Waals surface area contributed by atoms with Crippen LogP contribution in [0.3, 0.4) is 0 Å². The highest BCUT2D eigenvalue weighted by atomic mass is 16.5. The molecule has 0 bridgehead atoms. The Balaban J connectivity index is 2.22. The number of hydrogen-bond donors (Lipinski definition) is 3. The van der Waals surface area contributed by atoms with Crippen molar-refractivity contribution in [1.82, 2.24) is 4.98 Å². The van der Waals surface area contributed by atoms with Gasteiger partial charge in [0.15, 0.2) is 0 Å². The highest BCUT2D eigenvalue weighted by molar-refractivity contribution is 5.93. The van der Waals surface area contributed by atoms with E-state index in [1.54, 1.807) is 24.3 Å². The quantitative estimate of drug-likeness (QED) is 0.771. The highest BCUT2D eigenvalue weighted by Crippen LogP contribution is 2.23. The molecular weight excluding hydrogens is 248 g/mol. The largest absolute Gasteiger partial charge is 0.478 e. The lowest BCUT2D eigenvalue weighted by Crippen LogP contribution is -2.03. The van der Waals surface area contributed by atoms with E-state index in [9.17, 15) is 4.79 Å². The fourth-order valence-corrected chi connectivity index (χ4v) is 1.47. The highest BCUT2D eigenvalue weighted by Gasteiger charge is 2.10. The Morgan fingerprint density at radius 3 is 2.58 bits per heavy atom. The number of carboxylic acids is 1. The normalized spacial score (nSPS) is 10.2. The second kappa shape index (κ2) is 5.36. The summed E-state index contributed by atoms with van der Waals surface area (Å²) in [5.74, 6) is -0.505. The van der Waals surface area contributed by atoms with Crippen LogP contribution < -0.4 is 10.5 Å². The summed E-state index contributed by atoms with van der Waals surface area (Å²) in [6.45, 7) is -0.0520. The lowest BCUT2D eigenvalue weighted by Gasteiger charge is -2.07. The predicted octanol–water partition coefficient (Wildman–Crippen LogP) is 1.65. The van der Waals surface area contributed by atoms with Gasteiger partial charge in [0.1, 0.15) is 5.75 Å². The molecule has 0 atom stereocenters. The van der Waals surface area contributed by atoms with Crippen LogP contribution in [0.1, 0.15) is 15.9 Å². The molecule has 0 unspecified atom stereocenters. The molecule has 1 aromatic carbocycles. The number of nitrogen functional groups attached to an aromatic ring is 1. The van der Waals surface area contributed by atoms with Gasteiger partial charge in [-0.2, -0.15) is 0 Å². The zero-order chi connectivity index (χ0) is 13.8. The number of aliphatic hydroxyl groups excluding tert-OH is 1. The maximum atomic E-state index is 10.9. The maximum absolute atomic E-state index is 10.9. The van der Waals surface area contributed by atoms with Gasteiger partial charge in [0.05, 0.1) is 24.1 Å². The Hall–Kier alpha value is -2.60. The fourth-order valence-electron chi connectivity index (χ4n) is 1.47. The molecule has 19 heavy (non-hydrogen) atoms. The topological polar surface area (TPSA) is 106 Å². The van der Waals surface area contributed by atoms with Crippen LogP contribution in [0.25, 0.3) is 0 Å². The first-order valence-corrected chi connectivity index (χ1v) is 5.46. The minimum absolute atomic E-state index is 0.0520. The molecule has 4 N–H and O–H groups in total. The van der Waals surface area contributed by atoms with E-state index in [1.807, 2.05) is 0 Å². The van der Waals surface area contributed by atoms with Crippen molar-refractivity contribution >= 4 is 11.7 Å². The number of pyridine rings is 1. The summed E-state index contributed by atoms with van der Waals surface area (Å²) in [4.78, 5) is 14.8. The molecule has 2 aromatic rings. The Labute approximate surface area is 109 Å². The summed E-state index contributed by atoms with van der Waals surface area (Å²) in [7, 11) is 0. The van der Waals surface area contributed by atoms with Crippen LogP contribution in [0.5, 0.6) is 11.6 Å². The number of benzene rings is 1. The molecule has 1 aromatic heterocycles. The first kappa shape index (κ1) is 12.8. The van der Waals surface area contributed by atoms with E-state index in [0.717, 1.165) is 5.56 Å². The number of rotatable bonds is 4. The van der Waals surface area contributed by atoms with E-state index in [4.69, 9.17) is 20.7 Å². The van der Waals surface area contributed by atoms with Crippen molar-refractivity contribution in [2.45, 2.75) is 6.61 Å². The molecule has 0 saturated carbocycles. The SMILES string of the molecule is Nc1cnc(Oc2ccc(CO)cc2)cc1C(=O)O. The van der Waals surface area contributed by atoms with E-state index >= 15 is 0 Å². The molecule has 0 aliphatic heterocycles. The number of ether oxygens (including phenoxy) is 1. The lowest BCUT2D eigenvalue weighted by atomic mass is 10.2. The van der Waals surface area contributed by atoms with Crippen LogP contribution >= 0.6 is 0 Å². The standard InChI is InChI=1S/C13H12N2O4/c14-11-6-15-12(5-10(11)13(17)18)19-9-3-1-8(7-16)2-4-9/h1-6,16H,7,14H2,(H,17,18). The number of carbonyl (C=O) groups is 1. The van der Waals surface area contributed by atoms with E-state index in [2.05, 4.69) is 4.98 Å². The Morgan fingerprint density at radius 2 is 2.00 bits per heavy atom. The van der Waals surface area contributed by atoms with Crippen LogP contribution in [-0.4, -0.2) is 21.2 Å². The molecule has 6 heteroatoms. The maximum Gasteiger partial charge on any atom is 0.338 e. The molecule has 1 heterocycles. The van der Waals surface area contributed by atoms with Gasteiger partial charge in [-0.25, -0.2) is 9.78 Å². The van der Waals surface area contributed by atoms with Gasteiger partial charge < -0.3 is 20.7 Å². The summed E-state index contributed by atoms with van der Waals surface area (Å²) in [6, 6.07) is 7.97. The van der Waals surface area contributed by atoms with Crippen LogP contribution in [0, 0.1) is 0 Å². The van der Waals surface area contributed by atoms with E-state index in [1.165, 1.54) is 12.3 Å². The smallest absolute Gasteiger partial charge is 0.338 e. The van der Waals surface area contributed by atoms with Gasteiger partial charge in [0.2, 0.25) is 5.88 Å². The summed E-state index contributed by atoms with van der Waals surface area (Å²) in [5.41, 5.74) is 6.27. The average Bonchev–Trinajstić information content (AvgIpc) is 2.41. The molecule has 0 spiro atoms. The predicted molar refractivity (Wildman–Crippen MR) is 68.0 cm³/mol. The van der Waals surface area contributed by atoms with Gasteiger partial charge >= 0.3 is 5.97 Å². The minimum Gasteiger partial charge on any atom is -0.478 e. The first-order valence-electron chi connectivity index (χ1n) is 5.46. The van der Waals surface area contributed by atoms with Crippen molar-refractivity contribution in [3.63, 3.8) is 0 Å². The Kier molecular flexibility index (Phi) is 3.63. The first-order chi connectivity index (χ1) is 9.10. The number of anilines is 1. The van der Waals surface area contributed by atoms with Gasteiger partial charge in [-0.05, 0) is 17.7 Å². The molecule has 0 amide bonds. The molecule has 2 rings (SSSR count). The van der Waals surface area contributed by atoms with Crippen molar-refractivity contribution in [3.05, 3.63) is 47.7 Å².